The number of nitrogens with one attached hydrogen (secondary N) is 2. The molecule has 132 valence electrons. The van der Waals surface area contributed by atoms with Crippen LogP contribution in [-0.4, -0.2) is 15.9 Å². The van der Waals surface area contributed by atoms with E-state index >= 15 is 0 Å². The number of nitrogens with zero attached hydrogens (tertiary/aromatic N) is 2. The highest BCUT2D eigenvalue weighted by Gasteiger charge is 2.09. The molecule has 3 aromatic rings. The first-order chi connectivity index (χ1) is 12.5. The van der Waals surface area contributed by atoms with Crippen LogP contribution in [0.15, 0.2) is 54.9 Å². The first-order valence-corrected chi connectivity index (χ1v) is 8.27. The standard InChI is InChI=1S/C19H16ClFN4O/c1-12-2-5-14(20)8-16(12)25-18-9-17(23-11-24-18)19(26)22-10-13-3-6-15(21)7-4-13/h2-9,11H,10H2,1H3,(H,22,26)(H,23,24,25). The molecule has 0 fully saturated rings. The van der Waals surface area contributed by atoms with Gasteiger partial charge in [0.25, 0.3) is 5.91 Å². The summed E-state index contributed by atoms with van der Waals surface area (Å²) in [6.07, 6.45) is 1.31. The van der Waals surface area contributed by atoms with Gasteiger partial charge in [-0.1, -0.05) is 29.8 Å². The van der Waals surface area contributed by atoms with Gasteiger partial charge in [0.05, 0.1) is 0 Å². The summed E-state index contributed by atoms with van der Waals surface area (Å²) in [6, 6.07) is 13.0. The molecular formula is C19H16ClFN4O. The highest BCUT2D eigenvalue weighted by Crippen LogP contribution is 2.23. The van der Waals surface area contributed by atoms with Crippen molar-refractivity contribution in [2.45, 2.75) is 13.5 Å². The van der Waals surface area contributed by atoms with Crippen molar-refractivity contribution in [3.05, 3.63) is 82.5 Å². The molecule has 0 saturated heterocycles. The van der Waals surface area contributed by atoms with Crippen molar-refractivity contribution in [1.29, 1.82) is 0 Å². The molecule has 0 spiro atoms. The molecule has 2 N–H and O–H groups in total. The number of hydrogen-bond acceptors (Lipinski definition) is 4. The van der Waals surface area contributed by atoms with E-state index < -0.39 is 0 Å². The molecule has 0 aliphatic heterocycles. The van der Waals surface area contributed by atoms with Crippen molar-refractivity contribution >= 4 is 29.0 Å². The number of benzene rings is 2. The Bertz CT molecular complexity index is 931. The largest absolute Gasteiger partial charge is 0.347 e. The minimum atomic E-state index is -0.345. The summed E-state index contributed by atoms with van der Waals surface area (Å²) in [7, 11) is 0. The number of anilines is 2. The predicted molar refractivity (Wildman–Crippen MR) is 99.1 cm³/mol. The van der Waals surface area contributed by atoms with E-state index in [-0.39, 0.29) is 24.0 Å². The van der Waals surface area contributed by atoms with E-state index in [1.54, 1.807) is 30.3 Å². The third-order valence-electron chi connectivity index (χ3n) is 3.73. The number of carbonyl (C=O) groups excluding carboxylic acids is 1. The van der Waals surface area contributed by atoms with Crippen molar-refractivity contribution in [3.63, 3.8) is 0 Å². The molecule has 0 bridgehead atoms. The minimum absolute atomic E-state index is 0.226. The molecule has 1 aromatic heterocycles. The van der Waals surface area contributed by atoms with Crippen molar-refractivity contribution in [2.24, 2.45) is 0 Å². The van der Waals surface area contributed by atoms with Crippen LogP contribution in [0, 0.1) is 12.7 Å². The first kappa shape index (κ1) is 17.8. The molecule has 26 heavy (non-hydrogen) atoms. The third kappa shape index (κ3) is 4.55. The van der Waals surface area contributed by atoms with Gasteiger partial charge in [-0.25, -0.2) is 14.4 Å². The zero-order valence-corrected chi connectivity index (χ0v) is 14.7. The number of rotatable bonds is 5. The van der Waals surface area contributed by atoms with Gasteiger partial charge in [-0.15, -0.1) is 0 Å². The fourth-order valence-electron chi connectivity index (χ4n) is 2.29. The molecule has 2 aromatic carbocycles. The van der Waals surface area contributed by atoms with Crippen molar-refractivity contribution < 1.29 is 9.18 Å². The lowest BCUT2D eigenvalue weighted by atomic mass is 10.2. The molecule has 0 atom stereocenters. The highest BCUT2D eigenvalue weighted by atomic mass is 35.5. The summed E-state index contributed by atoms with van der Waals surface area (Å²) >= 11 is 6.01. The first-order valence-electron chi connectivity index (χ1n) is 7.89. The Labute approximate surface area is 155 Å². The third-order valence-corrected chi connectivity index (χ3v) is 3.96. The lowest BCUT2D eigenvalue weighted by Gasteiger charge is -2.10. The van der Waals surface area contributed by atoms with Gasteiger partial charge in [0.2, 0.25) is 0 Å². The number of aromatic nitrogens is 2. The highest BCUT2D eigenvalue weighted by molar-refractivity contribution is 6.30. The van der Waals surface area contributed by atoms with E-state index in [1.807, 2.05) is 13.0 Å². The molecule has 1 amide bonds. The molecular weight excluding hydrogens is 355 g/mol. The van der Waals surface area contributed by atoms with Crippen LogP contribution in [0.2, 0.25) is 5.02 Å². The van der Waals surface area contributed by atoms with Gasteiger partial charge < -0.3 is 10.6 Å². The second kappa shape index (κ2) is 7.93. The molecule has 5 nitrogen and oxygen atoms in total. The van der Waals surface area contributed by atoms with Crippen molar-refractivity contribution in [2.75, 3.05) is 5.32 Å². The Morgan fingerprint density at radius 1 is 1.12 bits per heavy atom. The van der Waals surface area contributed by atoms with Crippen LogP contribution in [0.1, 0.15) is 21.6 Å². The van der Waals surface area contributed by atoms with Gasteiger partial charge in [-0.2, -0.15) is 0 Å². The topological polar surface area (TPSA) is 66.9 Å². The van der Waals surface area contributed by atoms with Gasteiger partial charge in [-0.05, 0) is 42.3 Å². The summed E-state index contributed by atoms with van der Waals surface area (Å²) < 4.78 is 12.9. The molecule has 0 radical (unpaired) electrons. The normalized spacial score (nSPS) is 10.4. The van der Waals surface area contributed by atoms with Crippen LogP contribution >= 0.6 is 11.6 Å². The zero-order chi connectivity index (χ0) is 18.5. The Kier molecular flexibility index (Phi) is 5.43. The van der Waals surface area contributed by atoms with E-state index in [2.05, 4.69) is 20.6 Å². The lowest BCUT2D eigenvalue weighted by Crippen LogP contribution is -2.24. The number of hydrogen-bond donors (Lipinski definition) is 2. The second-order valence-corrected chi connectivity index (χ2v) is 6.12. The van der Waals surface area contributed by atoms with E-state index in [0.717, 1.165) is 16.8 Å². The van der Waals surface area contributed by atoms with E-state index in [1.165, 1.54) is 18.5 Å². The number of amides is 1. The molecule has 0 aliphatic rings. The van der Waals surface area contributed by atoms with E-state index in [9.17, 15) is 9.18 Å². The summed E-state index contributed by atoms with van der Waals surface area (Å²) in [4.78, 5) is 20.4. The Morgan fingerprint density at radius 3 is 2.65 bits per heavy atom. The molecule has 3 rings (SSSR count). The smallest absolute Gasteiger partial charge is 0.270 e. The zero-order valence-electron chi connectivity index (χ0n) is 14.0. The minimum Gasteiger partial charge on any atom is -0.347 e. The monoisotopic (exact) mass is 370 g/mol. The maximum Gasteiger partial charge on any atom is 0.270 e. The van der Waals surface area contributed by atoms with Crippen LogP contribution in [0.25, 0.3) is 0 Å². The quantitative estimate of drug-likeness (QED) is 0.704. The molecule has 1 heterocycles. The average molecular weight is 371 g/mol. The summed E-state index contributed by atoms with van der Waals surface area (Å²) in [5, 5.41) is 6.48. The van der Waals surface area contributed by atoms with Crippen molar-refractivity contribution in [1.82, 2.24) is 15.3 Å². The Morgan fingerprint density at radius 2 is 1.88 bits per heavy atom. The maximum absolute atomic E-state index is 12.9. The van der Waals surface area contributed by atoms with Crippen LogP contribution in [0.3, 0.4) is 0 Å². The lowest BCUT2D eigenvalue weighted by molar-refractivity contribution is 0.0946. The van der Waals surface area contributed by atoms with Gasteiger partial charge >= 0.3 is 0 Å². The van der Waals surface area contributed by atoms with Gasteiger partial charge in [-0.3, -0.25) is 4.79 Å². The summed E-state index contributed by atoms with van der Waals surface area (Å²) in [6.45, 7) is 2.22. The SMILES string of the molecule is Cc1ccc(Cl)cc1Nc1cc(C(=O)NCc2ccc(F)cc2)ncn1. The van der Waals surface area contributed by atoms with Gasteiger partial charge in [0.15, 0.2) is 0 Å². The summed E-state index contributed by atoms with van der Waals surface area (Å²) in [5.74, 6) is -0.178. The van der Waals surface area contributed by atoms with Crippen LogP contribution < -0.4 is 10.6 Å². The second-order valence-electron chi connectivity index (χ2n) is 5.68. The molecule has 0 aliphatic carbocycles. The van der Waals surface area contributed by atoms with Gasteiger partial charge in [0.1, 0.15) is 23.7 Å². The Hall–Kier alpha value is -2.99. The fourth-order valence-corrected chi connectivity index (χ4v) is 2.46. The van der Waals surface area contributed by atoms with Crippen molar-refractivity contribution in [3.8, 4) is 0 Å². The summed E-state index contributed by atoms with van der Waals surface area (Å²) in [5.41, 5.74) is 2.81. The van der Waals surface area contributed by atoms with Gasteiger partial charge in [0, 0.05) is 23.3 Å². The number of aryl methyl sites for hydroxylation is 1. The fraction of sp³-hybridized carbons (Fsp3) is 0.105. The Balaban J connectivity index is 1.69. The number of halogens is 2. The molecule has 7 heteroatoms. The van der Waals surface area contributed by atoms with Crippen LogP contribution in [0.5, 0.6) is 0 Å². The predicted octanol–water partition coefficient (Wildman–Crippen LogP) is 4.25. The van der Waals surface area contributed by atoms with E-state index in [0.29, 0.717) is 10.8 Å². The average Bonchev–Trinajstić information content (AvgIpc) is 2.64. The van der Waals surface area contributed by atoms with Crippen LogP contribution in [-0.2, 0) is 6.54 Å². The molecule has 0 saturated carbocycles. The van der Waals surface area contributed by atoms with E-state index in [4.69, 9.17) is 11.6 Å². The molecule has 0 unspecified atom stereocenters. The maximum atomic E-state index is 12.9. The number of carbonyl (C=O) groups is 1. The van der Waals surface area contributed by atoms with Crippen LogP contribution in [0.4, 0.5) is 15.9 Å².